The number of benzene rings is 3. The average molecular weight is 470 g/mol. The third-order valence-corrected chi connectivity index (χ3v) is 13.1. The molecule has 0 aliphatic carbocycles. The molecule has 0 fully saturated rings. The molecule has 0 aliphatic rings. The van der Waals surface area contributed by atoms with Crippen LogP contribution in [0.25, 0.3) is 6.08 Å². The van der Waals surface area contributed by atoms with Gasteiger partial charge in [0.15, 0.2) is 0 Å². The van der Waals surface area contributed by atoms with E-state index in [0.717, 1.165) is 11.1 Å². The minimum atomic E-state index is -4.15. The Morgan fingerprint density at radius 1 is 0.742 bits per heavy atom. The topological polar surface area (TPSA) is 63.6 Å². The molecular formula is C24H27NO3S2Si. The Morgan fingerprint density at radius 3 is 1.77 bits per heavy atom. The lowest BCUT2D eigenvalue weighted by molar-refractivity contribution is 0.598. The Morgan fingerprint density at radius 2 is 1.26 bits per heavy atom. The molecule has 0 radical (unpaired) electrons. The second-order valence-electron chi connectivity index (χ2n) is 8.37. The number of hydrogen-bond donors (Lipinski definition) is 0. The maximum Gasteiger partial charge on any atom is 0.290 e. The van der Waals surface area contributed by atoms with Gasteiger partial charge in [-0.2, -0.15) is 8.42 Å². The maximum absolute atomic E-state index is 14.6. The molecular weight excluding hydrogens is 442 g/mol. The molecule has 0 aromatic heterocycles. The highest BCUT2D eigenvalue weighted by Crippen LogP contribution is 2.33. The van der Waals surface area contributed by atoms with Gasteiger partial charge >= 0.3 is 0 Å². The van der Waals surface area contributed by atoms with Crippen LogP contribution >= 0.6 is 0 Å². The van der Waals surface area contributed by atoms with Gasteiger partial charge in [0.05, 0.1) is 17.9 Å². The van der Waals surface area contributed by atoms with Crippen LogP contribution in [-0.2, 0) is 19.8 Å². The molecule has 0 spiro atoms. The van der Waals surface area contributed by atoms with E-state index in [2.05, 4.69) is 23.4 Å². The first-order valence-electron chi connectivity index (χ1n) is 9.95. The van der Waals surface area contributed by atoms with Crippen molar-refractivity contribution < 1.29 is 12.6 Å². The zero-order valence-electron chi connectivity index (χ0n) is 18.1. The van der Waals surface area contributed by atoms with Gasteiger partial charge in [-0.15, -0.1) is 0 Å². The highest BCUT2D eigenvalue weighted by Gasteiger charge is 2.33. The lowest BCUT2D eigenvalue weighted by Crippen LogP contribution is -2.30. The SMILES string of the molecule is Cc1ccc(S(=O)(=O)N=S(=O)(/C(=C/c2ccccc2)[Si](C)(C)C)c2ccccc2)cc1. The van der Waals surface area contributed by atoms with E-state index in [1.54, 1.807) is 36.4 Å². The summed E-state index contributed by atoms with van der Waals surface area (Å²) < 4.78 is 45.9. The quantitative estimate of drug-likeness (QED) is 0.408. The highest BCUT2D eigenvalue weighted by molar-refractivity contribution is 8.07. The van der Waals surface area contributed by atoms with E-state index >= 15 is 0 Å². The minimum Gasteiger partial charge on any atom is -0.239 e. The molecule has 0 saturated carbocycles. The summed E-state index contributed by atoms with van der Waals surface area (Å²) in [5.74, 6) is 0. The summed E-state index contributed by atoms with van der Waals surface area (Å²) >= 11 is 0. The van der Waals surface area contributed by atoms with Crippen LogP contribution in [-0.4, -0.2) is 20.7 Å². The lowest BCUT2D eigenvalue weighted by Gasteiger charge is -2.25. The highest BCUT2D eigenvalue weighted by atomic mass is 32.3. The van der Waals surface area contributed by atoms with Crippen LogP contribution in [0, 0.1) is 6.92 Å². The molecule has 0 amide bonds. The summed E-state index contributed by atoms with van der Waals surface area (Å²) in [6.07, 6.45) is 1.86. The van der Waals surface area contributed by atoms with E-state index < -0.39 is 27.8 Å². The predicted octanol–water partition coefficient (Wildman–Crippen LogP) is 6.13. The number of rotatable bonds is 6. The second kappa shape index (κ2) is 8.94. The van der Waals surface area contributed by atoms with Crippen LogP contribution in [0.5, 0.6) is 0 Å². The number of nitrogens with zero attached hydrogens (tertiary/aromatic N) is 1. The monoisotopic (exact) mass is 469 g/mol. The predicted molar refractivity (Wildman–Crippen MR) is 131 cm³/mol. The van der Waals surface area contributed by atoms with Crippen LogP contribution in [0.1, 0.15) is 11.1 Å². The van der Waals surface area contributed by atoms with Crippen LogP contribution in [0.2, 0.25) is 19.6 Å². The van der Waals surface area contributed by atoms with E-state index in [9.17, 15) is 12.6 Å². The Balaban J connectivity index is 2.36. The average Bonchev–Trinajstić information content (AvgIpc) is 2.72. The van der Waals surface area contributed by atoms with Crippen molar-refractivity contribution in [2.45, 2.75) is 36.4 Å². The molecule has 162 valence electrons. The van der Waals surface area contributed by atoms with Gasteiger partial charge < -0.3 is 0 Å². The zero-order valence-corrected chi connectivity index (χ0v) is 20.8. The fourth-order valence-corrected chi connectivity index (χ4v) is 11.4. The van der Waals surface area contributed by atoms with Gasteiger partial charge in [0.1, 0.15) is 9.73 Å². The summed E-state index contributed by atoms with van der Waals surface area (Å²) in [5.41, 5.74) is 1.81. The smallest absolute Gasteiger partial charge is 0.239 e. The van der Waals surface area contributed by atoms with Crippen molar-refractivity contribution in [3.8, 4) is 0 Å². The van der Waals surface area contributed by atoms with Crippen LogP contribution in [0.4, 0.5) is 0 Å². The molecule has 4 nitrogen and oxygen atoms in total. The van der Waals surface area contributed by atoms with E-state index in [1.165, 1.54) is 12.1 Å². The van der Waals surface area contributed by atoms with Crippen LogP contribution in [0.15, 0.2) is 103 Å². The van der Waals surface area contributed by atoms with Crippen molar-refractivity contribution in [2.75, 3.05) is 0 Å². The first kappa shape index (κ1) is 23.2. The zero-order chi connectivity index (χ0) is 22.7. The van der Waals surface area contributed by atoms with Gasteiger partial charge in [0.25, 0.3) is 10.0 Å². The molecule has 1 atom stereocenters. The number of sulfonamides is 1. The molecule has 0 aliphatic heterocycles. The Labute approximate surface area is 186 Å². The molecule has 3 aromatic rings. The van der Waals surface area contributed by atoms with E-state index in [1.807, 2.05) is 49.4 Å². The summed E-state index contributed by atoms with van der Waals surface area (Å²) in [4.78, 5) is 0.437. The van der Waals surface area contributed by atoms with Gasteiger partial charge in [-0.1, -0.05) is 89.6 Å². The van der Waals surface area contributed by atoms with E-state index in [4.69, 9.17) is 0 Å². The van der Waals surface area contributed by atoms with Gasteiger partial charge in [-0.25, -0.2) is 4.21 Å². The molecule has 0 N–H and O–H groups in total. The van der Waals surface area contributed by atoms with Crippen molar-refractivity contribution in [3.05, 3.63) is 101 Å². The fourth-order valence-electron chi connectivity index (χ4n) is 3.12. The minimum absolute atomic E-state index is 0.0383. The molecule has 0 heterocycles. The van der Waals surface area contributed by atoms with Gasteiger partial charge in [-0.05, 0) is 42.8 Å². The Bertz CT molecular complexity index is 1300. The fraction of sp³-hybridized carbons (Fsp3) is 0.167. The Hall–Kier alpha value is -2.48. The third-order valence-electron chi connectivity index (χ3n) is 4.72. The first-order chi connectivity index (χ1) is 14.5. The molecule has 3 aromatic carbocycles. The van der Waals surface area contributed by atoms with E-state index in [0.29, 0.717) is 9.42 Å². The molecule has 3 rings (SSSR count). The lowest BCUT2D eigenvalue weighted by atomic mass is 10.2. The third kappa shape index (κ3) is 5.42. The van der Waals surface area contributed by atoms with Crippen molar-refractivity contribution in [2.24, 2.45) is 3.77 Å². The van der Waals surface area contributed by atoms with Crippen molar-refractivity contribution in [3.63, 3.8) is 0 Å². The summed E-state index contributed by atoms with van der Waals surface area (Å²) in [6.45, 7) is 8.04. The second-order valence-corrected chi connectivity index (χ2v) is 17.8. The number of hydrogen-bond acceptors (Lipinski definition) is 3. The van der Waals surface area contributed by atoms with Gasteiger partial charge in [0, 0.05) is 4.53 Å². The standard InChI is InChI=1S/C24H27NO3S2Si/c1-20-15-17-23(18-16-20)30(27,28)25-29(26,22-13-9-6-10-14-22)24(31(2,3)4)19-21-11-7-5-8-12-21/h5-19H,1-4H3/b24-19-. The summed E-state index contributed by atoms with van der Waals surface area (Å²) in [7, 11) is -9.84. The molecule has 7 heteroatoms. The molecule has 0 saturated heterocycles. The molecule has 0 bridgehead atoms. The van der Waals surface area contributed by atoms with Gasteiger partial charge in [0.2, 0.25) is 0 Å². The van der Waals surface area contributed by atoms with Crippen LogP contribution < -0.4 is 0 Å². The van der Waals surface area contributed by atoms with Crippen molar-refractivity contribution >= 4 is 33.9 Å². The molecule has 1 unspecified atom stereocenters. The van der Waals surface area contributed by atoms with Crippen LogP contribution in [0.3, 0.4) is 0 Å². The maximum atomic E-state index is 14.6. The van der Waals surface area contributed by atoms with Crippen molar-refractivity contribution in [1.82, 2.24) is 0 Å². The largest absolute Gasteiger partial charge is 0.290 e. The van der Waals surface area contributed by atoms with E-state index in [-0.39, 0.29) is 4.90 Å². The Kier molecular flexibility index (Phi) is 6.69. The van der Waals surface area contributed by atoms with Gasteiger partial charge in [-0.3, -0.25) is 0 Å². The number of aryl methyl sites for hydroxylation is 1. The summed E-state index contributed by atoms with van der Waals surface area (Å²) in [6, 6.07) is 24.7. The molecule has 31 heavy (non-hydrogen) atoms. The first-order valence-corrected chi connectivity index (χ1v) is 16.4. The normalized spacial score (nSPS) is 14.6. The van der Waals surface area contributed by atoms with Crippen molar-refractivity contribution in [1.29, 1.82) is 0 Å². The summed E-state index contributed by atoms with van der Waals surface area (Å²) in [5, 5.41) is 0.